The molecule has 2 aromatic rings. The molecule has 0 fully saturated rings. The molecule has 1 heterocycles. The number of benzene rings is 1. The Kier molecular flexibility index (Phi) is 6.59. The predicted octanol–water partition coefficient (Wildman–Crippen LogP) is 5.13. The average Bonchev–Trinajstić information content (AvgIpc) is 3.23. The van der Waals surface area contributed by atoms with Crippen molar-refractivity contribution in [2.24, 2.45) is 11.8 Å². The zero-order valence-electron chi connectivity index (χ0n) is 17.5. The second kappa shape index (κ2) is 8.92. The number of aryl methyl sites for hydroxylation is 1. The van der Waals surface area contributed by atoms with Gasteiger partial charge in [-0.15, -0.1) is 0 Å². The molecular weight excluding hydrogens is 336 g/mol. The van der Waals surface area contributed by atoms with Crippen LogP contribution < -0.4 is 4.74 Å². The standard InChI is InChI=1S/C23H34N2O2/c1-16(2)13-25(14-17(3)4)11-12-26-22-10-9-21(19-7-6-8-20(19)22)23-24-18(5)15-27-23/h9-10,15-17H,6-8,11-14H2,1-5H3. The van der Waals surface area contributed by atoms with E-state index in [4.69, 9.17) is 9.15 Å². The molecule has 0 amide bonds. The van der Waals surface area contributed by atoms with Crippen molar-refractivity contribution in [1.82, 2.24) is 9.88 Å². The zero-order valence-corrected chi connectivity index (χ0v) is 17.5. The Morgan fingerprint density at radius 3 is 2.41 bits per heavy atom. The number of nitrogens with zero attached hydrogens (tertiary/aromatic N) is 2. The lowest BCUT2D eigenvalue weighted by Crippen LogP contribution is -2.34. The molecule has 148 valence electrons. The molecule has 27 heavy (non-hydrogen) atoms. The van der Waals surface area contributed by atoms with Crippen molar-refractivity contribution < 1.29 is 9.15 Å². The van der Waals surface area contributed by atoms with Crippen molar-refractivity contribution in [3.8, 4) is 17.2 Å². The Hall–Kier alpha value is -1.81. The first kappa shape index (κ1) is 19.9. The van der Waals surface area contributed by atoms with Gasteiger partial charge < -0.3 is 9.15 Å². The minimum atomic E-state index is 0.677. The summed E-state index contributed by atoms with van der Waals surface area (Å²) in [6, 6.07) is 4.22. The predicted molar refractivity (Wildman–Crippen MR) is 110 cm³/mol. The first-order valence-corrected chi connectivity index (χ1v) is 10.4. The number of aromatic nitrogens is 1. The van der Waals surface area contributed by atoms with Crippen LogP contribution in [0.2, 0.25) is 0 Å². The van der Waals surface area contributed by atoms with E-state index in [1.54, 1.807) is 6.26 Å². The van der Waals surface area contributed by atoms with E-state index in [1.807, 2.05) is 6.92 Å². The lowest BCUT2D eigenvalue weighted by Gasteiger charge is -2.26. The van der Waals surface area contributed by atoms with Gasteiger partial charge in [0.15, 0.2) is 0 Å². The molecule has 1 aromatic heterocycles. The molecule has 0 unspecified atom stereocenters. The van der Waals surface area contributed by atoms with Crippen molar-refractivity contribution in [2.75, 3.05) is 26.2 Å². The van der Waals surface area contributed by atoms with Crippen LogP contribution in [0, 0.1) is 18.8 Å². The van der Waals surface area contributed by atoms with Gasteiger partial charge in [-0.1, -0.05) is 27.7 Å². The maximum Gasteiger partial charge on any atom is 0.226 e. The van der Waals surface area contributed by atoms with Crippen LogP contribution in [-0.2, 0) is 12.8 Å². The summed E-state index contributed by atoms with van der Waals surface area (Å²) in [5.74, 6) is 3.13. The van der Waals surface area contributed by atoms with Gasteiger partial charge in [0.1, 0.15) is 18.6 Å². The molecule has 4 heteroatoms. The molecule has 0 atom stereocenters. The van der Waals surface area contributed by atoms with Crippen LogP contribution in [0.5, 0.6) is 5.75 Å². The summed E-state index contributed by atoms with van der Waals surface area (Å²) in [6.45, 7) is 15.1. The minimum absolute atomic E-state index is 0.677. The Bertz CT molecular complexity index is 739. The molecule has 0 N–H and O–H groups in total. The van der Waals surface area contributed by atoms with E-state index in [0.29, 0.717) is 11.8 Å². The van der Waals surface area contributed by atoms with E-state index >= 15 is 0 Å². The van der Waals surface area contributed by atoms with Gasteiger partial charge >= 0.3 is 0 Å². The van der Waals surface area contributed by atoms with Gasteiger partial charge in [0.2, 0.25) is 5.89 Å². The van der Waals surface area contributed by atoms with Crippen molar-refractivity contribution >= 4 is 0 Å². The third-order valence-electron chi connectivity index (χ3n) is 5.00. The van der Waals surface area contributed by atoms with Gasteiger partial charge in [-0.05, 0) is 61.3 Å². The summed E-state index contributed by atoms with van der Waals surface area (Å²) < 4.78 is 11.9. The third-order valence-corrected chi connectivity index (χ3v) is 5.00. The van der Waals surface area contributed by atoms with E-state index in [0.717, 1.165) is 62.0 Å². The maximum absolute atomic E-state index is 6.25. The SMILES string of the molecule is Cc1coc(-c2ccc(OCCN(CC(C)C)CC(C)C)c3c2CCC3)n1. The van der Waals surface area contributed by atoms with E-state index in [9.17, 15) is 0 Å². The summed E-state index contributed by atoms with van der Waals surface area (Å²) in [6.07, 6.45) is 5.06. The van der Waals surface area contributed by atoms with Gasteiger partial charge in [-0.3, -0.25) is 4.90 Å². The Morgan fingerprint density at radius 1 is 1.07 bits per heavy atom. The Labute approximate surface area is 163 Å². The van der Waals surface area contributed by atoms with E-state index in [1.165, 1.54) is 17.5 Å². The second-order valence-corrected chi connectivity index (χ2v) is 8.61. The fourth-order valence-corrected chi connectivity index (χ4v) is 4.06. The first-order chi connectivity index (χ1) is 12.9. The van der Waals surface area contributed by atoms with Crippen LogP contribution in [0.1, 0.15) is 50.9 Å². The third kappa shape index (κ3) is 5.13. The second-order valence-electron chi connectivity index (χ2n) is 8.61. The average molecular weight is 371 g/mol. The lowest BCUT2D eigenvalue weighted by molar-refractivity contribution is 0.177. The normalized spacial score (nSPS) is 13.8. The summed E-state index contributed by atoms with van der Waals surface area (Å²) in [4.78, 5) is 7.04. The zero-order chi connectivity index (χ0) is 19.4. The fraction of sp³-hybridized carbons (Fsp3) is 0.609. The molecule has 1 aliphatic carbocycles. The molecule has 0 bridgehead atoms. The number of oxazole rings is 1. The minimum Gasteiger partial charge on any atom is -0.492 e. The van der Waals surface area contributed by atoms with Gasteiger partial charge in [0.05, 0.1) is 5.69 Å². The maximum atomic E-state index is 6.25. The fourth-order valence-electron chi connectivity index (χ4n) is 4.06. The van der Waals surface area contributed by atoms with Gasteiger partial charge in [0, 0.05) is 25.2 Å². The first-order valence-electron chi connectivity index (χ1n) is 10.4. The summed E-state index contributed by atoms with van der Waals surface area (Å²) in [7, 11) is 0. The van der Waals surface area contributed by atoms with Crippen LogP contribution >= 0.6 is 0 Å². The van der Waals surface area contributed by atoms with Crippen LogP contribution in [0.15, 0.2) is 22.8 Å². The number of hydrogen-bond acceptors (Lipinski definition) is 4. The smallest absolute Gasteiger partial charge is 0.226 e. The summed E-state index contributed by atoms with van der Waals surface area (Å²) in [5.41, 5.74) is 4.76. The molecule has 1 aliphatic rings. The van der Waals surface area contributed by atoms with Crippen LogP contribution in [0.25, 0.3) is 11.5 Å². The largest absolute Gasteiger partial charge is 0.492 e. The Morgan fingerprint density at radius 2 is 1.78 bits per heavy atom. The Balaban J connectivity index is 1.68. The number of rotatable bonds is 9. The van der Waals surface area contributed by atoms with Crippen LogP contribution in [0.3, 0.4) is 0 Å². The summed E-state index contributed by atoms with van der Waals surface area (Å²) >= 11 is 0. The van der Waals surface area contributed by atoms with Crippen LogP contribution in [0.4, 0.5) is 0 Å². The highest BCUT2D eigenvalue weighted by Crippen LogP contribution is 2.37. The lowest BCUT2D eigenvalue weighted by atomic mass is 10.0. The van der Waals surface area contributed by atoms with Gasteiger partial charge in [0.25, 0.3) is 0 Å². The van der Waals surface area contributed by atoms with Crippen molar-refractivity contribution in [2.45, 2.75) is 53.9 Å². The molecular formula is C23H34N2O2. The van der Waals surface area contributed by atoms with Gasteiger partial charge in [-0.2, -0.15) is 0 Å². The topological polar surface area (TPSA) is 38.5 Å². The number of fused-ring (bicyclic) bond motifs is 1. The van der Waals surface area contributed by atoms with Gasteiger partial charge in [-0.25, -0.2) is 4.98 Å². The molecule has 4 nitrogen and oxygen atoms in total. The highest BCUT2D eigenvalue weighted by molar-refractivity contribution is 5.65. The molecule has 0 radical (unpaired) electrons. The molecule has 3 rings (SSSR count). The number of hydrogen-bond donors (Lipinski definition) is 0. The van der Waals surface area contributed by atoms with Crippen molar-refractivity contribution in [1.29, 1.82) is 0 Å². The van der Waals surface area contributed by atoms with E-state index in [-0.39, 0.29) is 0 Å². The molecule has 0 saturated carbocycles. The molecule has 1 aromatic carbocycles. The van der Waals surface area contributed by atoms with Crippen molar-refractivity contribution in [3.05, 3.63) is 35.2 Å². The molecule has 0 aliphatic heterocycles. The highest BCUT2D eigenvalue weighted by Gasteiger charge is 2.22. The van der Waals surface area contributed by atoms with E-state index in [2.05, 4.69) is 49.7 Å². The molecule has 0 saturated heterocycles. The number of ether oxygens (including phenoxy) is 1. The summed E-state index contributed by atoms with van der Waals surface area (Å²) in [5, 5.41) is 0. The molecule has 0 spiro atoms. The van der Waals surface area contributed by atoms with Crippen LogP contribution in [-0.4, -0.2) is 36.1 Å². The highest BCUT2D eigenvalue weighted by atomic mass is 16.5. The van der Waals surface area contributed by atoms with Crippen molar-refractivity contribution in [3.63, 3.8) is 0 Å². The monoisotopic (exact) mass is 370 g/mol. The van der Waals surface area contributed by atoms with E-state index < -0.39 is 0 Å². The quantitative estimate of drug-likeness (QED) is 0.613.